The van der Waals surface area contributed by atoms with E-state index in [0.29, 0.717) is 37.2 Å². The zero-order valence-corrected chi connectivity index (χ0v) is 18.6. The van der Waals surface area contributed by atoms with Crippen LogP contribution in [0.1, 0.15) is 48.9 Å². The van der Waals surface area contributed by atoms with E-state index in [1.165, 1.54) is 24.3 Å². The molecule has 1 saturated heterocycles. The molecule has 0 aromatic heterocycles. The Morgan fingerprint density at radius 1 is 0.879 bits per heavy atom. The Bertz CT molecular complexity index is 966. The van der Waals surface area contributed by atoms with Gasteiger partial charge in [-0.05, 0) is 68.0 Å². The summed E-state index contributed by atoms with van der Waals surface area (Å²) in [6.07, 6.45) is 5.43. The summed E-state index contributed by atoms with van der Waals surface area (Å²) in [6.45, 7) is 1.17. The van der Waals surface area contributed by atoms with E-state index in [0.717, 1.165) is 25.7 Å². The Balaban J connectivity index is 1.45. The molecule has 1 aliphatic heterocycles. The van der Waals surface area contributed by atoms with Gasteiger partial charge in [-0.1, -0.05) is 31.0 Å². The molecule has 1 aliphatic carbocycles. The van der Waals surface area contributed by atoms with Gasteiger partial charge in [0, 0.05) is 30.3 Å². The van der Waals surface area contributed by atoms with Crippen molar-refractivity contribution >= 4 is 23.4 Å². The lowest BCUT2D eigenvalue weighted by atomic mass is 9.87. The number of rotatable bonds is 6. The summed E-state index contributed by atoms with van der Waals surface area (Å²) in [5, 5.41) is 5.75. The minimum atomic E-state index is -0.758. The molecule has 2 aromatic carbocycles. The second kappa shape index (κ2) is 10.6. The largest absolute Gasteiger partial charge is 0.342 e. The van der Waals surface area contributed by atoms with Gasteiger partial charge >= 0.3 is 0 Å². The first-order valence-corrected chi connectivity index (χ1v) is 11.7. The molecule has 0 spiro atoms. The Morgan fingerprint density at radius 2 is 1.52 bits per heavy atom. The van der Waals surface area contributed by atoms with E-state index in [1.54, 1.807) is 12.1 Å². The maximum absolute atomic E-state index is 13.3. The summed E-state index contributed by atoms with van der Waals surface area (Å²) in [5.41, 5.74) is 0.945. The number of nitrogens with zero attached hydrogens (tertiary/aromatic N) is 1. The molecule has 7 heteroatoms. The van der Waals surface area contributed by atoms with Crippen LogP contribution in [-0.4, -0.2) is 41.8 Å². The molecule has 6 nitrogen and oxygen atoms in total. The van der Waals surface area contributed by atoms with Gasteiger partial charge in [0.1, 0.15) is 11.9 Å². The predicted octanol–water partition coefficient (Wildman–Crippen LogP) is 3.99. The zero-order chi connectivity index (χ0) is 23.2. The van der Waals surface area contributed by atoms with E-state index in [4.69, 9.17) is 0 Å². The van der Waals surface area contributed by atoms with Crippen LogP contribution in [0.3, 0.4) is 0 Å². The van der Waals surface area contributed by atoms with Crippen molar-refractivity contribution in [2.75, 3.05) is 18.4 Å². The number of halogens is 1. The van der Waals surface area contributed by atoms with Crippen LogP contribution in [0, 0.1) is 17.7 Å². The monoisotopic (exact) mass is 451 g/mol. The molecule has 0 unspecified atom stereocenters. The number of hydrogen-bond acceptors (Lipinski definition) is 3. The number of nitrogens with one attached hydrogen (secondary N) is 2. The summed E-state index contributed by atoms with van der Waals surface area (Å²) in [6, 6.07) is 13.6. The first-order valence-electron chi connectivity index (χ1n) is 11.7. The highest BCUT2D eigenvalue weighted by atomic mass is 19.1. The van der Waals surface area contributed by atoms with Crippen molar-refractivity contribution in [3.63, 3.8) is 0 Å². The molecule has 2 fully saturated rings. The number of para-hydroxylation sites is 1. The Morgan fingerprint density at radius 3 is 2.15 bits per heavy atom. The molecule has 2 aliphatic rings. The molecular formula is C26H30FN3O3. The number of hydrogen-bond donors (Lipinski definition) is 2. The number of piperidine rings is 1. The van der Waals surface area contributed by atoms with Gasteiger partial charge in [-0.3, -0.25) is 14.4 Å². The lowest BCUT2D eigenvalue weighted by molar-refractivity contribution is -0.137. The molecule has 1 atom stereocenters. The first kappa shape index (κ1) is 23.0. The molecule has 0 radical (unpaired) electrons. The highest BCUT2D eigenvalue weighted by Crippen LogP contribution is 2.29. The smallest absolute Gasteiger partial charge is 0.251 e. The quantitative estimate of drug-likeness (QED) is 0.697. The van der Waals surface area contributed by atoms with Crippen molar-refractivity contribution in [2.24, 2.45) is 11.8 Å². The second-order valence-corrected chi connectivity index (χ2v) is 8.96. The molecule has 33 heavy (non-hydrogen) atoms. The van der Waals surface area contributed by atoms with Crippen LogP contribution in [-0.2, 0) is 9.59 Å². The van der Waals surface area contributed by atoms with E-state index in [-0.39, 0.29) is 23.7 Å². The standard InChI is InChI=1S/C26H30FN3O3/c27-21-12-10-19(11-13-21)24(31)29-23(25(32)28-22-8-2-1-3-9-22)18-14-16-30(17-15-18)26(33)20-6-4-5-7-20/h1-3,8-13,18,20,23H,4-7,14-17H2,(H,28,32)(H,29,31)/t23-/m0/s1. The molecule has 0 bridgehead atoms. The van der Waals surface area contributed by atoms with Gasteiger partial charge in [-0.2, -0.15) is 0 Å². The van der Waals surface area contributed by atoms with Crippen molar-refractivity contribution in [3.8, 4) is 0 Å². The summed E-state index contributed by atoms with van der Waals surface area (Å²) in [4.78, 5) is 40.7. The van der Waals surface area contributed by atoms with Gasteiger partial charge in [0.2, 0.25) is 11.8 Å². The average molecular weight is 452 g/mol. The van der Waals surface area contributed by atoms with Gasteiger partial charge in [-0.15, -0.1) is 0 Å². The fourth-order valence-electron chi connectivity index (χ4n) is 4.85. The molecule has 1 saturated carbocycles. The van der Waals surface area contributed by atoms with Gasteiger partial charge in [0.25, 0.3) is 5.91 Å². The maximum Gasteiger partial charge on any atom is 0.251 e. The van der Waals surface area contributed by atoms with Crippen molar-refractivity contribution in [1.82, 2.24) is 10.2 Å². The Hall–Kier alpha value is -3.22. The fraction of sp³-hybridized carbons (Fsp3) is 0.423. The summed E-state index contributed by atoms with van der Waals surface area (Å²) in [7, 11) is 0. The third kappa shape index (κ3) is 5.78. The van der Waals surface area contributed by atoms with E-state index in [9.17, 15) is 18.8 Å². The molecule has 2 N–H and O–H groups in total. The SMILES string of the molecule is O=C(N[C@H](C(=O)Nc1ccccc1)C1CCN(C(=O)C2CCCC2)CC1)c1ccc(F)cc1. The number of carbonyl (C=O) groups is 3. The minimum absolute atomic E-state index is 0.106. The van der Waals surface area contributed by atoms with Gasteiger partial charge < -0.3 is 15.5 Å². The predicted molar refractivity (Wildman–Crippen MR) is 124 cm³/mol. The lowest BCUT2D eigenvalue weighted by Gasteiger charge is -2.36. The van der Waals surface area contributed by atoms with Crippen molar-refractivity contribution in [1.29, 1.82) is 0 Å². The van der Waals surface area contributed by atoms with Crippen LogP contribution in [0.25, 0.3) is 0 Å². The number of carbonyl (C=O) groups excluding carboxylic acids is 3. The molecule has 4 rings (SSSR count). The van der Waals surface area contributed by atoms with E-state index in [2.05, 4.69) is 10.6 Å². The maximum atomic E-state index is 13.3. The van der Waals surface area contributed by atoms with Gasteiger partial charge in [0.05, 0.1) is 0 Å². The third-order valence-electron chi connectivity index (χ3n) is 6.74. The number of benzene rings is 2. The molecular weight excluding hydrogens is 421 g/mol. The van der Waals surface area contributed by atoms with Crippen LogP contribution >= 0.6 is 0 Å². The highest BCUT2D eigenvalue weighted by Gasteiger charge is 2.36. The summed E-state index contributed by atoms with van der Waals surface area (Å²) >= 11 is 0. The fourth-order valence-corrected chi connectivity index (χ4v) is 4.85. The van der Waals surface area contributed by atoms with E-state index >= 15 is 0 Å². The number of likely N-dealkylation sites (tertiary alicyclic amines) is 1. The first-order chi connectivity index (χ1) is 16.0. The van der Waals surface area contributed by atoms with E-state index in [1.807, 2.05) is 23.1 Å². The average Bonchev–Trinajstić information content (AvgIpc) is 3.38. The van der Waals surface area contributed by atoms with Crippen LogP contribution in [0.5, 0.6) is 0 Å². The summed E-state index contributed by atoms with van der Waals surface area (Å²) in [5.74, 6) is -0.886. The minimum Gasteiger partial charge on any atom is -0.342 e. The lowest BCUT2D eigenvalue weighted by Crippen LogP contribution is -2.52. The molecule has 2 aromatic rings. The molecule has 1 heterocycles. The number of anilines is 1. The van der Waals surface area contributed by atoms with E-state index < -0.39 is 17.8 Å². The van der Waals surface area contributed by atoms with Crippen LogP contribution in [0.2, 0.25) is 0 Å². The van der Waals surface area contributed by atoms with Crippen LogP contribution in [0.4, 0.5) is 10.1 Å². The van der Waals surface area contributed by atoms with Gasteiger partial charge in [-0.25, -0.2) is 4.39 Å². The number of amides is 3. The van der Waals surface area contributed by atoms with Crippen LogP contribution < -0.4 is 10.6 Å². The zero-order valence-electron chi connectivity index (χ0n) is 18.6. The topological polar surface area (TPSA) is 78.5 Å². The molecule has 3 amide bonds. The normalized spacial score (nSPS) is 18.0. The third-order valence-corrected chi connectivity index (χ3v) is 6.74. The highest BCUT2D eigenvalue weighted by molar-refractivity contribution is 6.01. The van der Waals surface area contributed by atoms with Gasteiger partial charge in [0.15, 0.2) is 0 Å². The van der Waals surface area contributed by atoms with Crippen molar-refractivity contribution in [2.45, 2.75) is 44.6 Å². The molecule has 174 valence electrons. The Labute approximate surface area is 193 Å². The van der Waals surface area contributed by atoms with Crippen LogP contribution in [0.15, 0.2) is 54.6 Å². The second-order valence-electron chi connectivity index (χ2n) is 8.96. The van der Waals surface area contributed by atoms with Crippen molar-refractivity contribution < 1.29 is 18.8 Å². The van der Waals surface area contributed by atoms with Crippen molar-refractivity contribution in [3.05, 3.63) is 66.0 Å². The summed E-state index contributed by atoms with van der Waals surface area (Å²) < 4.78 is 13.3. The Kier molecular flexibility index (Phi) is 7.37.